The molecular weight excluding hydrogens is 243 g/mol. The van der Waals surface area contributed by atoms with Crippen LogP contribution >= 0.6 is 0 Å². The molecule has 0 aliphatic carbocycles. The van der Waals surface area contributed by atoms with Gasteiger partial charge in [-0.15, -0.1) is 0 Å². The zero-order valence-electron chi connectivity index (χ0n) is 10.9. The molecule has 1 heterocycles. The van der Waals surface area contributed by atoms with Gasteiger partial charge in [0.1, 0.15) is 5.41 Å². The summed E-state index contributed by atoms with van der Waals surface area (Å²) in [5.74, 6) is -1.20. The van der Waals surface area contributed by atoms with Crippen LogP contribution in [0.5, 0.6) is 0 Å². The first-order valence-electron chi connectivity index (χ1n) is 5.60. The molecule has 0 aromatic heterocycles. The number of carbonyl (C=O) groups is 2. The number of carbonyl (C=O) groups excluding carboxylic acids is 2. The van der Waals surface area contributed by atoms with Gasteiger partial charge in [0.25, 0.3) is 5.91 Å². The second-order valence-electron chi connectivity index (χ2n) is 4.19. The van der Waals surface area contributed by atoms with E-state index >= 15 is 0 Å². The summed E-state index contributed by atoms with van der Waals surface area (Å²) in [7, 11) is 0. The summed E-state index contributed by atoms with van der Waals surface area (Å²) in [6, 6.07) is -0.845. The summed E-state index contributed by atoms with van der Waals surface area (Å²) in [5.41, 5.74) is -1.15. The molecule has 1 N–H and O–H groups in total. The Hall–Kier alpha value is -0.390. The molecule has 1 aliphatic rings. The Balaban J connectivity index is 0. The van der Waals surface area contributed by atoms with Gasteiger partial charge in [-0.1, -0.05) is 34.6 Å². The summed E-state index contributed by atoms with van der Waals surface area (Å²) in [4.78, 5) is 27.1. The summed E-state index contributed by atoms with van der Waals surface area (Å²) in [6.07, 6.45) is 2.02. The Bertz CT molecular complexity index is 344. The van der Waals surface area contributed by atoms with Gasteiger partial charge in [-0.25, -0.2) is 4.99 Å². The predicted molar refractivity (Wildman–Crippen MR) is 64.1 cm³/mol. The van der Waals surface area contributed by atoms with Gasteiger partial charge in [-0.2, -0.15) is 0 Å². The number of amides is 2. The van der Waals surface area contributed by atoms with Crippen molar-refractivity contribution in [2.75, 3.05) is 0 Å². The van der Waals surface area contributed by atoms with E-state index in [0.717, 1.165) is 12.8 Å². The molecule has 2 atom stereocenters. The van der Waals surface area contributed by atoms with Crippen molar-refractivity contribution < 1.29 is 44.3 Å². The summed E-state index contributed by atoms with van der Waals surface area (Å²) in [5, 5.41) is 13.1. The van der Waals surface area contributed by atoms with Crippen LogP contribution in [0.1, 0.15) is 47.5 Å². The number of nitrogens with zero attached hydrogens (tertiary/aromatic N) is 1. The Morgan fingerprint density at radius 3 is 2.33 bits per heavy atom. The van der Waals surface area contributed by atoms with E-state index in [0.29, 0.717) is 6.42 Å². The smallest absolute Gasteiger partial charge is 0.846 e. The van der Waals surface area contributed by atoms with E-state index in [9.17, 15) is 14.7 Å². The van der Waals surface area contributed by atoms with Gasteiger partial charge in [0.15, 0.2) is 0 Å². The van der Waals surface area contributed by atoms with Gasteiger partial charge in [0.05, 0.1) is 6.02 Å². The van der Waals surface area contributed by atoms with E-state index < -0.39 is 23.3 Å². The van der Waals surface area contributed by atoms with Crippen LogP contribution in [0.2, 0.25) is 0 Å². The van der Waals surface area contributed by atoms with Crippen molar-refractivity contribution in [3.63, 3.8) is 0 Å². The molecule has 1 aliphatic heterocycles. The second-order valence-corrected chi connectivity index (χ2v) is 4.19. The minimum Gasteiger partial charge on any atom is -0.846 e. The number of nitrogens with one attached hydrogen (secondary N) is 1. The first-order chi connectivity index (χ1) is 7.48. The van der Waals surface area contributed by atoms with E-state index in [1.165, 1.54) is 0 Å². The molecule has 98 valence electrons. The van der Waals surface area contributed by atoms with Crippen molar-refractivity contribution in [3.05, 3.63) is 0 Å². The van der Waals surface area contributed by atoms with Gasteiger partial charge < -0.3 is 10.4 Å². The fourth-order valence-corrected chi connectivity index (χ4v) is 2.30. The van der Waals surface area contributed by atoms with Crippen LogP contribution in [0, 0.1) is 11.3 Å². The van der Waals surface area contributed by atoms with Crippen molar-refractivity contribution in [2.45, 2.75) is 47.5 Å². The number of amidine groups is 1. The summed E-state index contributed by atoms with van der Waals surface area (Å²) >= 11 is 0. The molecule has 18 heavy (non-hydrogen) atoms. The molecule has 0 bridgehead atoms. The minimum absolute atomic E-state index is 0. The van der Waals surface area contributed by atoms with Crippen LogP contribution in [0.15, 0.2) is 4.99 Å². The molecule has 0 fully saturated rings. The van der Waals surface area contributed by atoms with Gasteiger partial charge in [0.2, 0.25) is 5.91 Å². The van der Waals surface area contributed by atoms with Crippen molar-refractivity contribution in [1.82, 2.24) is 5.32 Å². The third kappa shape index (κ3) is 3.33. The van der Waals surface area contributed by atoms with Gasteiger partial charge in [-0.05, 0) is 18.8 Å². The van der Waals surface area contributed by atoms with Crippen molar-refractivity contribution in [1.29, 1.82) is 0 Å². The van der Waals surface area contributed by atoms with Crippen LogP contribution in [0.25, 0.3) is 0 Å². The molecule has 0 aromatic rings. The fraction of sp³-hybridized carbons (Fsp3) is 0.750. The van der Waals surface area contributed by atoms with Gasteiger partial charge in [-0.3, -0.25) is 9.59 Å². The van der Waals surface area contributed by atoms with Crippen molar-refractivity contribution in [3.8, 4) is 0 Å². The molecule has 0 spiro atoms. The molecule has 1 rings (SSSR count). The third-order valence-electron chi connectivity index (χ3n) is 3.33. The van der Waals surface area contributed by atoms with E-state index in [2.05, 4.69) is 10.3 Å². The average Bonchev–Trinajstić information content (AvgIpc) is 2.18. The predicted octanol–water partition coefficient (Wildman–Crippen LogP) is -2.17. The second kappa shape index (κ2) is 7.92. The maximum Gasteiger partial charge on any atom is 1.00 e. The molecule has 0 aromatic carbocycles. The Kier molecular flexibility index (Phi) is 8.77. The summed E-state index contributed by atoms with van der Waals surface area (Å²) < 4.78 is 0. The topological polar surface area (TPSA) is 81.6 Å². The Labute approximate surface area is 131 Å². The van der Waals surface area contributed by atoms with Crippen LogP contribution in [0.3, 0.4) is 0 Å². The van der Waals surface area contributed by atoms with E-state index in [4.69, 9.17) is 0 Å². The summed E-state index contributed by atoms with van der Waals surface area (Å²) in [6.45, 7) is 5.62. The van der Waals surface area contributed by atoms with Crippen LogP contribution in [0.4, 0.5) is 0 Å². The Morgan fingerprint density at radius 1 is 1.39 bits per heavy atom. The molecule has 0 saturated heterocycles. The Morgan fingerprint density at radius 2 is 1.94 bits per heavy atom. The number of hydrogen-bond acceptors (Lipinski definition) is 3. The third-order valence-corrected chi connectivity index (χ3v) is 3.33. The molecule has 0 saturated carbocycles. The zero-order chi connectivity index (χ0) is 12.3. The SMILES string of the molecule is C.CCCC(C)C1(CC)C(=O)N=C([O-])NC1=O.[Na+]. The zero-order valence-corrected chi connectivity index (χ0v) is 12.9. The fourth-order valence-electron chi connectivity index (χ4n) is 2.30. The molecule has 5 nitrogen and oxygen atoms in total. The monoisotopic (exact) mass is 264 g/mol. The molecular formula is C12H21N2NaO3. The van der Waals surface area contributed by atoms with Gasteiger partial charge in [0, 0.05) is 0 Å². The van der Waals surface area contributed by atoms with Gasteiger partial charge >= 0.3 is 29.6 Å². The maximum atomic E-state index is 11.9. The quantitative estimate of drug-likeness (QED) is 0.463. The largest absolute Gasteiger partial charge is 1.00 e. The first-order valence-corrected chi connectivity index (χ1v) is 5.60. The number of rotatable bonds is 4. The van der Waals surface area contributed by atoms with Crippen molar-refractivity contribution in [2.24, 2.45) is 16.3 Å². The maximum absolute atomic E-state index is 11.9. The normalized spacial score (nSPS) is 24.3. The van der Waals surface area contributed by atoms with E-state index in [1.54, 1.807) is 6.92 Å². The number of hydrogen-bond donors (Lipinski definition) is 1. The standard InChI is InChI=1S/C11H18N2O3.CH4.Na/c1-4-6-7(3)11(5-2)8(14)12-10(16)13-9(11)15;;/h7H,4-6H2,1-3H3,(H2,12,13,14,15,16);1H4;/q;;+1/p-1. The first kappa shape index (κ1) is 19.9. The average molecular weight is 264 g/mol. The van der Waals surface area contributed by atoms with Crippen molar-refractivity contribution >= 4 is 17.8 Å². The number of aliphatic imine (C=N–C) groups is 1. The van der Waals surface area contributed by atoms with E-state index in [-0.39, 0.29) is 42.9 Å². The molecule has 6 heteroatoms. The van der Waals surface area contributed by atoms with Crippen LogP contribution < -0.4 is 40.0 Å². The van der Waals surface area contributed by atoms with Crippen LogP contribution in [-0.2, 0) is 9.59 Å². The minimum atomic E-state index is -1.15. The molecule has 0 radical (unpaired) electrons. The van der Waals surface area contributed by atoms with E-state index in [1.807, 2.05) is 13.8 Å². The molecule has 2 amide bonds. The molecule has 2 unspecified atom stereocenters. The van der Waals surface area contributed by atoms with Crippen LogP contribution in [-0.4, -0.2) is 17.8 Å².